The molecule has 0 saturated heterocycles. The smallest absolute Gasteiger partial charge is 0.357 e. The van der Waals surface area contributed by atoms with E-state index in [1.807, 2.05) is 56.3 Å². The zero-order valence-electron chi connectivity index (χ0n) is 16.1. The van der Waals surface area contributed by atoms with Gasteiger partial charge in [-0.15, -0.1) is 5.10 Å². The second-order valence-corrected chi connectivity index (χ2v) is 6.39. The van der Waals surface area contributed by atoms with E-state index in [0.717, 1.165) is 22.4 Å². The number of aryl methyl sites for hydroxylation is 3. The largest absolute Gasteiger partial charge is 0.490 e. The number of carbonyl (C=O) groups is 1. The first-order valence-electron chi connectivity index (χ1n) is 8.93. The van der Waals surface area contributed by atoms with Gasteiger partial charge in [0, 0.05) is 0 Å². The topological polar surface area (TPSA) is 79.1 Å². The summed E-state index contributed by atoms with van der Waals surface area (Å²) in [6, 6.07) is 15.4. The van der Waals surface area contributed by atoms with E-state index < -0.39 is 5.97 Å². The zero-order valence-corrected chi connectivity index (χ0v) is 16.1. The van der Waals surface area contributed by atoms with E-state index in [1.54, 1.807) is 13.0 Å². The minimum atomic E-state index is -0.525. The average Bonchev–Trinajstić information content (AvgIpc) is 3.09. The molecule has 0 aliphatic rings. The van der Waals surface area contributed by atoms with Crippen molar-refractivity contribution in [3.8, 4) is 5.75 Å². The molecule has 2 aromatic carbocycles. The van der Waals surface area contributed by atoms with Crippen LogP contribution in [0.2, 0.25) is 0 Å². The van der Waals surface area contributed by atoms with E-state index >= 15 is 0 Å². The van der Waals surface area contributed by atoms with E-state index in [2.05, 4.69) is 21.6 Å². The molecule has 0 aliphatic heterocycles. The predicted octanol–water partition coefficient (Wildman–Crippen LogP) is 3.22. The fourth-order valence-electron chi connectivity index (χ4n) is 2.75. The highest BCUT2D eigenvalue weighted by Crippen LogP contribution is 2.17. The van der Waals surface area contributed by atoms with Crippen molar-refractivity contribution in [2.45, 2.75) is 20.8 Å². The molecule has 0 bridgehead atoms. The van der Waals surface area contributed by atoms with Crippen LogP contribution in [0.25, 0.3) is 11.8 Å². The van der Waals surface area contributed by atoms with Gasteiger partial charge in [-0.05, 0) is 66.1 Å². The Morgan fingerprint density at radius 2 is 1.75 bits per heavy atom. The number of carbonyl (C=O) groups excluding carboxylic acids is 1. The van der Waals surface area contributed by atoms with Crippen molar-refractivity contribution in [2.24, 2.45) is 0 Å². The maximum atomic E-state index is 12.7. The van der Waals surface area contributed by atoms with Crippen molar-refractivity contribution in [1.82, 2.24) is 20.2 Å². The number of tetrazole rings is 1. The van der Waals surface area contributed by atoms with Crippen LogP contribution in [0.15, 0.2) is 48.5 Å². The molecule has 0 fully saturated rings. The molecule has 0 spiro atoms. The van der Waals surface area contributed by atoms with Crippen LogP contribution in [0.1, 0.15) is 22.5 Å². The molecule has 144 valence electrons. The molecule has 0 unspecified atom stereocenters. The fourth-order valence-corrected chi connectivity index (χ4v) is 2.75. The summed E-state index contributed by atoms with van der Waals surface area (Å²) < 4.78 is 12.4. The Kier molecular flexibility index (Phi) is 6.16. The molecule has 0 saturated carbocycles. The van der Waals surface area contributed by atoms with Crippen molar-refractivity contribution in [3.05, 3.63) is 71.0 Å². The molecule has 1 aromatic heterocycles. The molecule has 0 aliphatic carbocycles. The Balaban J connectivity index is 1.67. The number of esters is 1. The van der Waals surface area contributed by atoms with Crippen LogP contribution in [-0.4, -0.2) is 39.4 Å². The standard InChI is InChI=1S/C21H22N4O3/c1-15-11-16(2)13-19(12-15)27-9-10-28-21(26)20(25-17(3)22-23-24-25)14-18-7-5-4-6-8-18/h4-8,11-14H,9-10H2,1-3H3/b20-14-. The quantitative estimate of drug-likeness (QED) is 0.357. The number of benzene rings is 2. The highest BCUT2D eigenvalue weighted by Gasteiger charge is 2.17. The molecule has 0 atom stereocenters. The first-order chi connectivity index (χ1) is 13.5. The summed E-state index contributed by atoms with van der Waals surface area (Å²) in [5.74, 6) is 0.721. The van der Waals surface area contributed by atoms with E-state index in [1.165, 1.54) is 4.68 Å². The van der Waals surface area contributed by atoms with Gasteiger partial charge in [-0.3, -0.25) is 0 Å². The predicted molar refractivity (Wildman–Crippen MR) is 106 cm³/mol. The number of hydrogen-bond acceptors (Lipinski definition) is 6. The summed E-state index contributed by atoms with van der Waals surface area (Å²) in [4.78, 5) is 12.7. The first-order valence-corrected chi connectivity index (χ1v) is 8.93. The number of aromatic nitrogens is 4. The second-order valence-electron chi connectivity index (χ2n) is 6.39. The van der Waals surface area contributed by atoms with Gasteiger partial charge in [-0.25, -0.2) is 4.79 Å². The lowest BCUT2D eigenvalue weighted by atomic mass is 10.1. The van der Waals surface area contributed by atoms with E-state index in [4.69, 9.17) is 9.47 Å². The van der Waals surface area contributed by atoms with Crippen LogP contribution < -0.4 is 4.74 Å². The molecule has 0 amide bonds. The highest BCUT2D eigenvalue weighted by molar-refractivity contribution is 6.15. The Labute approximate surface area is 163 Å². The number of nitrogens with zero attached hydrogens (tertiary/aromatic N) is 4. The Morgan fingerprint density at radius 3 is 2.39 bits per heavy atom. The van der Waals surface area contributed by atoms with Gasteiger partial charge in [0.15, 0.2) is 11.5 Å². The number of rotatable bonds is 7. The third-order valence-electron chi connectivity index (χ3n) is 3.95. The lowest BCUT2D eigenvalue weighted by Crippen LogP contribution is -2.18. The monoisotopic (exact) mass is 378 g/mol. The van der Waals surface area contributed by atoms with Crippen molar-refractivity contribution in [2.75, 3.05) is 13.2 Å². The zero-order chi connectivity index (χ0) is 19.9. The van der Waals surface area contributed by atoms with Gasteiger partial charge in [0.1, 0.15) is 19.0 Å². The maximum absolute atomic E-state index is 12.7. The van der Waals surface area contributed by atoms with Gasteiger partial charge in [0.05, 0.1) is 0 Å². The van der Waals surface area contributed by atoms with Crippen molar-refractivity contribution in [3.63, 3.8) is 0 Å². The second kappa shape index (κ2) is 8.94. The van der Waals surface area contributed by atoms with Crippen LogP contribution in [0.3, 0.4) is 0 Å². The van der Waals surface area contributed by atoms with Gasteiger partial charge in [0.2, 0.25) is 0 Å². The SMILES string of the molecule is Cc1cc(C)cc(OCCOC(=O)/C(=C/c2ccccc2)n2nnnc2C)c1. The Bertz CT molecular complexity index is 960. The van der Waals surface area contributed by atoms with E-state index in [-0.39, 0.29) is 18.9 Å². The lowest BCUT2D eigenvalue weighted by Gasteiger charge is -2.11. The molecule has 0 radical (unpaired) electrons. The highest BCUT2D eigenvalue weighted by atomic mass is 16.6. The first kappa shape index (κ1) is 19.3. The molecule has 3 rings (SSSR count). The maximum Gasteiger partial charge on any atom is 0.357 e. The summed E-state index contributed by atoms with van der Waals surface area (Å²) in [6.07, 6.45) is 1.69. The van der Waals surface area contributed by atoms with Crippen LogP contribution in [0, 0.1) is 20.8 Å². The molecular weight excluding hydrogens is 356 g/mol. The van der Waals surface area contributed by atoms with Crippen molar-refractivity contribution < 1.29 is 14.3 Å². The van der Waals surface area contributed by atoms with Crippen LogP contribution in [-0.2, 0) is 9.53 Å². The van der Waals surface area contributed by atoms with Gasteiger partial charge in [-0.1, -0.05) is 36.4 Å². The molecule has 0 N–H and O–H groups in total. The van der Waals surface area contributed by atoms with Crippen LogP contribution in [0.4, 0.5) is 0 Å². The Morgan fingerprint density at radius 1 is 1.04 bits per heavy atom. The third kappa shape index (κ3) is 5.03. The number of ether oxygens (including phenoxy) is 2. The summed E-state index contributed by atoms with van der Waals surface area (Å²) in [5, 5.41) is 11.3. The van der Waals surface area contributed by atoms with Crippen molar-refractivity contribution in [1.29, 1.82) is 0 Å². The summed E-state index contributed by atoms with van der Waals surface area (Å²) >= 11 is 0. The molecular formula is C21H22N4O3. The average molecular weight is 378 g/mol. The van der Waals surface area contributed by atoms with Gasteiger partial charge < -0.3 is 9.47 Å². The van der Waals surface area contributed by atoms with Crippen LogP contribution in [0.5, 0.6) is 5.75 Å². The molecule has 28 heavy (non-hydrogen) atoms. The van der Waals surface area contributed by atoms with Gasteiger partial charge >= 0.3 is 5.97 Å². The van der Waals surface area contributed by atoms with E-state index in [9.17, 15) is 4.79 Å². The lowest BCUT2D eigenvalue weighted by molar-refractivity contribution is -0.137. The summed E-state index contributed by atoms with van der Waals surface area (Å²) in [7, 11) is 0. The molecule has 1 heterocycles. The summed E-state index contributed by atoms with van der Waals surface area (Å²) in [6.45, 7) is 6.10. The van der Waals surface area contributed by atoms with Crippen molar-refractivity contribution >= 4 is 17.7 Å². The van der Waals surface area contributed by atoms with Gasteiger partial charge in [-0.2, -0.15) is 4.68 Å². The minimum Gasteiger partial charge on any atom is -0.490 e. The van der Waals surface area contributed by atoms with E-state index in [0.29, 0.717) is 5.82 Å². The molecule has 7 nitrogen and oxygen atoms in total. The molecule has 3 aromatic rings. The molecule has 7 heteroatoms. The van der Waals surface area contributed by atoms with Crippen LogP contribution >= 0.6 is 0 Å². The van der Waals surface area contributed by atoms with Gasteiger partial charge in [0.25, 0.3) is 0 Å². The number of hydrogen-bond donors (Lipinski definition) is 0. The fraction of sp³-hybridized carbons (Fsp3) is 0.238. The summed E-state index contributed by atoms with van der Waals surface area (Å²) in [5.41, 5.74) is 3.32. The third-order valence-corrected chi connectivity index (χ3v) is 3.95. The minimum absolute atomic E-state index is 0.110. The Hall–Kier alpha value is -3.48. The normalized spacial score (nSPS) is 11.3.